The molecular weight excluding hydrogens is 212 g/mol. The van der Waals surface area contributed by atoms with E-state index in [0.717, 1.165) is 24.3 Å². The molecule has 5 heteroatoms. The number of hydrogen-bond acceptors (Lipinski definition) is 4. The second kappa shape index (κ2) is 6.53. The zero-order valence-electron chi connectivity index (χ0n) is 8.82. The third-order valence-corrected chi connectivity index (χ3v) is 2.88. The molecule has 0 bridgehead atoms. The molecule has 0 aromatic carbocycles. The molecule has 1 aromatic heterocycles. The number of thiazole rings is 1. The number of aryl methyl sites for hydroxylation is 1. The van der Waals surface area contributed by atoms with Gasteiger partial charge < -0.3 is 10.4 Å². The van der Waals surface area contributed by atoms with Gasteiger partial charge in [-0.25, -0.2) is 4.98 Å². The standard InChI is InChI=1S/C10H16N2O2S/c1-8-12-7-9(15-8)10(14)11-5-3-2-4-6-13/h7,13H,2-6H2,1H3,(H,11,14). The van der Waals surface area contributed by atoms with Crippen molar-refractivity contribution in [3.05, 3.63) is 16.1 Å². The van der Waals surface area contributed by atoms with Crippen molar-refractivity contribution in [3.63, 3.8) is 0 Å². The van der Waals surface area contributed by atoms with Crippen molar-refractivity contribution in [1.82, 2.24) is 10.3 Å². The van der Waals surface area contributed by atoms with Crippen LogP contribution in [0.15, 0.2) is 6.20 Å². The maximum absolute atomic E-state index is 11.5. The molecule has 2 N–H and O–H groups in total. The van der Waals surface area contributed by atoms with Crippen LogP contribution in [0.5, 0.6) is 0 Å². The number of nitrogens with zero attached hydrogens (tertiary/aromatic N) is 1. The molecule has 0 aliphatic carbocycles. The molecule has 0 radical (unpaired) electrons. The summed E-state index contributed by atoms with van der Waals surface area (Å²) in [4.78, 5) is 16.2. The van der Waals surface area contributed by atoms with Crippen molar-refractivity contribution in [3.8, 4) is 0 Å². The van der Waals surface area contributed by atoms with E-state index < -0.39 is 0 Å². The number of rotatable bonds is 6. The summed E-state index contributed by atoms with van der Waals surface area (Å²) in [7, 11) is 0. The van der Waals surface area contributed by atoms with Crippen LogP contribution >= 0.6 is 11.3 Å². The van der Waals surface area contributed by atoms with Crippen LogP contribution in [0.1, 0.15) is 33.9 Å². The van der Waals surface area contributed by atoms with Gasteiger partial charge in [-0.2, -0.15) is 0 Å². The number of nitrogens with one attached hydrogen (secondary N) is 1. The van der Waals surface area contributed by atoms with E-state index in [4.69, 9.17) is 5.11 Å². The summed E-state index contributed by atoms with van der Waals surface area (Å²) in [6.45, 7) is 2.76. The lowest BCUT2D eigenvalue weighted by Gasteiger charge is -2.01. The van der Waals surface area contributed by atoms with Gasteiger partial charge in [0.1, 0.15) is 4.88 Å². The minimum absolute atomic E-state index is 0.0513. The molecule has 1 amide bonds. The molecule has 1 heterocycles. The van der Waals surface area contributed by atoms with Gasteiger partial charge in [-0.15, -0.1) is 11.3 Å². The average Bonchev–Trinajstić information content (AvgIpc) is 2.64. The van der Waals surface area contributed by atoms with E-state index in [1.165, 1.54) is 11.3 Å². The topological polar surface area (TPSA) is 62.2 Å². The lowest BCUT2D eigenvalue weighted by Crippen LogP contribution is -2.23. The van der Waals surface area contributed by atoms with Crippen LogP contribution in [0.3, 0.4) is 0 Å². The first-order chi connectivity index (χ1) is 7.24. The van der Waals surface area contributed by atoms with Crippen LogP contribution in [-0.2, 0) is 0 Å². The third-order valence-electron chi connectivity index (χ3n) is 1.97. The monoisotopic (exact) mass is 228 g/mol. The quantitative estimate of drug-likeness (QED) is 0.722. The van der Waals surface area contributed by atoms with Gasteiger partial charge in [0.2, 0.25) is 0 Å². The summed E-state index contributed by atoms with van der Waals surface area (Å²) in [6, 6.07) is 0. The lowest BCUT2D eigenvalue weighted by molar-refractivity contribution is 0.0956. The molecular formula is C10H16N2O2S. The number of aromatic nitrogens is 1. The van der Waals surface area contributed by atoms with Gasteiger partial charge in [0, 0.05) is 13.2 Å². The van der Waals surface area contributed by atoms with E-state index in [2.05, 4.69) is 10.3 Å². The van der Waals surface area contributed by atoms with E-state index in [-0.39, 0.29) is 12.5 Å². The SMILES string of the molecule is Cc1ncc(C(=O)NCCCCCO)s1. The van der Waals surface area contributed by atoms with Gasteiger partial charge in [0.05, 0.1) is 11.2 Å². The maximum atomic E-state index is 11.5. The molecule has 84 valence electrons. The Kier molecular flexibility index (Phi) is 5.28. The highest BCUT2D eigenvalue weighted by atomic mass is 32.1. The van der Waals surface area contributed by atoms with Gasteiger partial charge in [-0.1, -0.05) is 0 Å². The minimum Gasteiger partial charge on any atom is -0.396 e. The Bertz CT molecular complexity index is 312. The number of carbonyl (C=O) groups is 1. The van der Waals surface area contributed by atoms with Gasteiger partial charge in [-0.05, 0) is 26.2 Å². The largest absolute Gasteiger partial charge is 0.396 e. The zero-order chi connectivity index (χ0) is 11.1. The molecule has 1 aromatic rings. The van der Waals surface area contributed by atoms with Crippen molar-refractivity contribution < 1.29 is 9.90 Å². The van der Waals surface area contributed by atoms with Gasteiger partial charge >= 0.3 is 0 Å². The van der Waals surface area contributed by atoms with E-state index in [9.17, 15) is 4.79 Å². The summed E-state index contributed by atoms with van der Waals surface area (Å²) in [6.07, 6.45) is 4.25. The zero-order valence-corrected chi connectivity index (χ0v) is 9.64. The highest BCUT2D eigenvalue weighted by Gasteiger charge is 2.07. The van der Waals surface area contributed by atoms with Crippen molar-refractivity contribution in [2.45, 2.75) is 26.2 Å². The Labute approximate surface area is 93.4 Å². The first-order valence-corrected chi connectivity index (χ1v) is 5.87. The molecule has 0 aliphatic rings. The summed E-state index contributed by atoms with van der Waals surface area (Å²) >= 11 is 1.40. The number of aliphatic hydroxyl groups is 1. The van der Waals surface area contributed by atoms with Gasteiger partial charge in [0.15, 0.2) is 0 Å². The Morgan fingerprint density at radius 1 is 1.53 bits per heavy atom. The molecule has 1 rings (SSSR count). The summed E-state index contributed by atoms with van der Waals surface area (Å²) < 4.78 is 0. The van der Waals surface area contributed by atoms with Crippen molar-refractivity contribution in [2.75, 3.05) is 13.2 Å². The molecule has 0 atom stereocenters. The van der Waals surface area contributed by atoms with Crippen LogP contribution in [-0.4, -0.2) is 29.1 Å². The first-order valence-electron chi connectivity index (χ1n) is 5.05. The first kappa shape index (κ1) is 12.1. The van der Waals surface area contributed by atoms with Crippen molar-refractivity contribution in [1.29, 1.82) is 0 Å². The molecule has 0 fully saturated rings. The van der Waals surface area contributed by atoms with Crippen LogP contribution < -0.4 is 5.32 Å². The molecule has 0 saturated heterocycles. The average molecular weight is 228 g/mol. The summed E-state index contributed by atoms with van der Waals surface area (Å²) in [5.41, 5.74) is 0. The molecule has 0 aliphatic heterocycles. The van der Waals surface area contributed by atoms with Crippen LogP contribution in [0.4, 0.5) is 0 Å². The van der Waals surface area contributed by atoms with Crippen LogP contribution in [0.2, 0.25) is 0 Å². The van der Waals surface area contributed by atoms with E-state index in [0.29, 0.717) is 11.4 Å². The maximum Gasteiger partial charge on any atom is 0.263 e. The fourth-order valence-electron chi connectivity index (χ4n) is 1.17. The number of carbonyl (C=O) groups excluding carboxylic acids is 1. The number of hydrogen-bond donors (Lipinski definition) is 2. The van der Waals surface area contributed by atoms with Gasteiger partial charge in [-0.3, -0.25) is 4.79 Å². The number of unbranched alkanes of at least 4 members (excludes halogenated alkanes) is 2. The Morgan fingerprint density at radius 3 is 2.93 bits per heavy atom. The number of aliphatic hydroxyl groups excluding tert-OH is 1. The van der Waals surface area contributed by atoms with Crippen LogP contribution in [0.25, 0.3) is 0 Å². The molecule has 15 heavy (non-hydrogen) atoms. The third kappa shape index (κ3) is 4.40. The predicted octanol–water partition coefficient (Wildman–Crippen LogP) is 1.34. The lowest BCUT2D eigenvalue weighted by atomic mass is 10.2. The van der Waals surface area contributed by atoms with Crippen molar-refractivity contribution >= 4 is 17.2 Å². The second-order valence-electron chi connectivity index (χ2n) is 3.28. The molecule has 4 nitrogen and oxygen atoms in total. The highest BCUT2D eigenvalue weighted by Crippen LogP contribution is 2.10. The predicted molar refractivity (Wildman–Crippen MR) is 60.1 cm³/mol. The van der Waals surface area contributed by atoms with E-state index in [1.807, 2.05) is 6.92 Å². The molecule has 0 saturated carbocycles. The Balaban J connectivity index is 2.19. The fraction of sp³-hybridized carbons (Fsp3) is 0.600. The number of amides is 1. The van der Waals surface area contributed by atoms with Crippen molar-refractivity contribution in [2.24, 2.45) is 0 Å². The fourth-order valence-corrected chi connectivity index (χ4v) is 1.86. The Hall–Kier alpha value is -0.940. The van der Waals surface area contributed by atoms with Crippen LogP contribution in [0, 0.1) is 6.92 Å². The smallest absolute Gasteiger partial charge is 0.263 e. The minimum atomic E-state index is -0.0513. The van der Waals surface area contributed by atoms with E-state index >= 15 is 0 Å². The second-order valence-corrected chi connectivity index (χ2v) is 4.52. The van der Waals surface area contributed by atoms with Gasteiger partial charge in [0.25, 0.3) is 5.91 Å². The Morgan fingerprint density at radius 2 is 2.33 bits per heavy atom. The highest BCUT2D eigenvalue weighted by molar-refractivity contribution is 7.13. The molecule has 0 unspecified atom stereocenters. The molecule has 0 spiro atoms. The van der Waals surface area contributed by atoms with E-state index in [1.54, 1.807) is 6.20 Å². The summed E-state index contributed by atoms with van der Waals surface area (Å²) in [5.74, 6) is -0.0513. The summed E-state index contributed by atoms with van der Waals surface area (Å²) in [5, 5.41) is 12.3. The normalized spacial score (nSPS) is 10.3.